The van der Waals surface area contributed by atoms with Gasteiger partial charge in [-0.3, -0.25) is 24.0 Å². The standard InChI is InChI=1S/C43H53N9O5S/c44-19-9-8-14-32(45)38(53)49-36(24-29-26-58-37-16-7-5-13-31(29)37)40(55)51-35(23-28-25-48-33-15-6-4-12-30(28)33)39(54)50-34(22-27-10-2-1-3-11-27)41(56)52-43(42(46)57)17-20-47-21-18-43/h1-7,10-13,15-16,25-26,32,34-36,47-48H,8-9,14,17-24,44-45H2,(H2,46,57)(H,49,53)(H,50,54)(H,51,55)(H,52,56)/t32-,34+,35-,36-/m1/s1. The predicted molar refractivity (Wildman–Crippen MR) is 227 cm³/mol. The Bertz CT molecular complexity index is 2200. The molecule has 6 rings (SSSR count). The second kappa shape index (κ2) is 19.7. The summed E-state index contributed by atoms with van der Waals surface area (Å²) in [6.07, 6.45) is 4.43. The quantitative estimate of drug-likeness (QED) is 0.0559. The number of carbonyl (C=O) groups is 5. The van der Waals surface area contributed by atoms with E-state index in [0.29, 0.717) is 51.7 Å². The molecule has 3 heterocycles. The predicted octanol–water partition coefficient (Wildman–Crippen LogP) is 2.04. The molecule has 5 amide bonds. The molecule has 4 atom stereocenters. The second-order valence-corrected chi connectivity index (χ2v) is 15.9. The van der Waals surface area contributed by atoms with Crippen molar-refractivity contribution < 1.29 is 24.0 Å². The van der Waals surface area contributed by atoms with E-state index in [2.05, 4.69) is 31.6 Å². The van der Waals surface area contributed by atoms with E-state index in [9.17, 15) is 24.0 Å². The number of hydrogen-bond acceptors (Lipinski definition) is 9. The number of benzene rings is 3. The van der Waals surface area contributed by atoms with Crippen LogP contribution in [0.5, 0.6) is 0 Å². The molecule has 0 radical (unpaired) electrons. The summed E-state index contributed by atoms with van der Waals surface area (Å²) in [7, 11) is 0. The van der Waals surface area contributed by atoms with Gasteiger partial charge in [-0.25, -0.2) is 0 Å². The summed E-state index contributed by atoms with van der Waals surface area (Å²) >= 11 is 1.53. The van der Waals surface area contributed by atoms with E-state index >= 15 is 0 Å². The Hall–Kier alpha value is -5.61. The number of rotatable bonds is 19. The molecule has 58 heavy (non-hydrogen) atoms. The monoisotopic (exact) mass is 807 g/mol. The summed E-state index contributed by atoms with van der Waals surface area (Å²) in [5.74, 6) is -2.94. The van der Waals surface area contributed by atoms with Gasteiger partial charge in [0.15, 0.2) is 0 Å². The number of hydrogen-bond donors (Lipinski definition) is 9. The van der Waals surface area contributed by atoms with Crippen molar-refractivity contribution in [2.24, 2.45) is 17.2 Å². The summed E-state index contributed by atoms with van der Waals surface area (Å²) in [6, 6.07) is 20.3. The van der Waals surface area contributed by atoms with E-state index in [4.69, 9.17) is 17.2 Å². The highest BCUT2D eigenvalue weighted by atomic mass is 32.1. The first-order valence-corrected chi connectivity index (χ1v) is 20.7. The van der Waals surface area contributed by atoms with Gasteiger partial charge in [-0.15, -0.1) is 11.3 Å². The molecule has 2 aromatic heterocycles. The van der Waals surface area contributed by atoms with Gasteiger partial charge in [0, 0.05) is 41.1 Å². The third-order valence-corrected chi connectivity index (χ3v) is 11.9. The zero-order valence-electron chi connectivity index (χ0n) is 32.4. The molecular formula is C43H53N9O5S. The van der Waals surface area contributed by atoms with E-state index < -0.39 is 59.2 Å². The fourth-order valence-electron chi connectivity index (χ4n) is 7.48. The van der Waals surface area contributed by atoms with Crippen molar-refractivity contribution in [1.82, 2.24) is 31.6 Å². The zero-order valence-corrected chi connectivity index (χ0v) is 33.2. The SMILES string of the molecule is NCCCC[C@@H](N)C(=O)N[C@H](Cc1csc2ccccc12)C(=O)N[C@H](Cc1c[nH]c2ccccc12)C(=O)N[C@@H](Cc1ccccc1)C(=O)NC1(C(N)=O)CCNCC1. The van der Waals surface area contributed by atoms with Crippen LogP contribution in [0.25, 0.3) is 21.0 Å². The van der Waals surface area contributed by atoms with E-state index in [1.54, 1.807) is 6.20 Å². The minimum Gasteiger partial charge on any atom is -0.368 e. The lowest BCUT2D eigenvalue weighted by Crippen LogP contribution is -2.65. The molecule has 1 aliphatic heterocycles. The normalized spacial score (nSPS) is 15.8. The molecule has 5 aromatic rings. The minimum absolute atomic E-state index is 0.0544. The lowest BCUT2D eigenvalue weighted by Gasteiger charge is -2.36. The van der Waals surface area contributed by atoms with E-state index in [0.717, 1.165) is 37.7 Å². The topological polar surface area (TPSA) is 239 Å². The Morgan fingerprint density at radius 3 is 2.00 bits per heavy atom. The second-order valence-electron chi connectivity index (χ2n) is 15.0. The number of piperidine rings is 1. The van der Waals surface area contributed by atoms with E-state index in [1.165, 1.54) is 11.3 Å². The van der Waals surface area contributed by atoms with Crippen LogP contribution in [0.15, 0.2) is 90.4 Å². The molecule has 0 saturated carbocycles. The number of amides is 5. The molecular weight excluding hydrogens is 755 g/mol. The highest BCUT2D eigenvalue weighted by Crippen LogP contribution is 2.27. The Morgan fingerprint density at radius 2 is 1.31 bits per heavy atom. The van der Waals surface area contributed by atoms with Crippen LogP contribution < -0.4 is 43.8 Å². The van der Waals surface area contributed by atoms with Crippen molar-refractivity contribution in [2.45, 2.75) is 81.1 Å². The third-order valence-electron chi connectivity index (χ3n) is 10.9. The molecule has 1 saturated heterocycles. The first kappa shape index (κ1) is 42.0. The summed E-state index contributed by atoms with van der Waals surface area (Å²) in [5.41, 5.74) is 19.7. The van der Waals surface area contributed by atoms with Crippen molar-refractivity contribution >= 4 is 61.9 Å². The number of fused-ring (bicyclic) bond motifs is 2. The van der Waals surface area contributed by atoms with Gasteiger partial charge in [0.2, 0.25) is 29.5 Å². The Labute approximate surface area is 341 Å². The van der Waals surface area contributed by atoms with Gasteiger partial charge in [0.25, 0.3) is 0 Å². The number of carbonyl (C=O) groups excluding carboxylic acids is 5. The number of nitrogens with two attached hydrogens (primary N) is 3. The molecule has 3 aromatic carbocycles. The van der Waals surface area contributed by atoms with Gasteiger partial charge in [0.1, 0.15) is 23.7 Å². The Kier molecular flexibility index (Phi) is 14.3. The van der Waals surface area contributed by atoms with E-state index in [-0.39, 0.29) is 19.3 Å². The number of aromatic amines is 1. The van der Waals surface area contributed by atoms with Crippen LogP contribution in [0.2, 0.25) is 0 Å². The molecule has 306 valence electrons. The van der Waals surface area contributed by atoms with Crippen molar-refractivity contribution in [3.8, 4) is 0 Å². The van der Waals surface area contributed by atoms with Crippen molar-refractivity contribution in [3.05, 3.63) is 107 Å². The molecule has 0 spiro atoms. The van der Waals surface area contributed by atoms with Crippen LogP contribution in [0, 0.1) is 0 Å². The molecule has 0 aliphatic carbocycles. The van der Waals surface area contributed by atoms with Crippen LogP contribution in [0.4, 0.5) is 0 Å². The van der Waals surface area contributed by atoms with Crippen molar-refractivity contribution in [3.63, 3.8) is 0 Å². The largest absolute Gasteiger partial charge is 0.368 e. The molecule has 15 heteroatoms. The van der Waals surface area contributed by atoms with Gasteiger partial charge < -0.3 is 48.8 Å². The average Bonchev–Trinajstić information content (AvgIpc) is 3.84. The Morgan fingerprint density at radius 1 is 0.707 bits per heavy atom. The third kappa shape index (κ3) is 10.5. The van der Waals surface area contributed by atoms with Crippen molar-refractivity contribution in [2.75, 3.05) is 19.6 Å². The number of unbranched alkanes of at least 4 members (excludes halogenated alkanes) is 1. The average molecular weight is 808 g/mol. The number of primary amides is 1. The number of thiophene rings is 1. The smallest absolute Gasteiger partial charge is 0.243 e. The fourth-order valence-corrected chi connectivity index (χ4v) is 8.46. The fraction of sp³-hybridized carbons (Fsp3) is 0.372. The summed E-state index contributed by atoms with van der Waals surface area (Å²) in [4.78, 5) is 72.8. The van der Waals surface area contributed by atoms with Gasteiger partial charge in [-0.2, -0.15) is 0 Å². The summed E-state index contributed by atoms with van der Waals surface area (Å²) in [6.45, 7) is 1.44. The first-order valence-electron chi connectivity index (χ1n) is 19.8. The summed E-state index contributed by atoms with van der Waals surface area (Å²) in [5, 5.41) is 18.6. The number of nitrogens with one attached hydrogen (secondary N) is 6. The Balaban J connectivity index is 1.30. The van der Waals surface area contributed by atoms with Crippen LogP contribution >= 0.6 is 11.3 Å². The molecule has 0 bridgehead atoms. The van der Waals surface area contributed by atoms with Crippen LogP contribution in [0.1, 0.15) is 48.8 Å². The van der Waals surface area contributed by atoms with Gasteiger partial charge >= 0.3 is 0 Å². The number of aromatic nitrogens is 1. The molecule has 14 nitrogen and oxygen atoms in total. The molecule has 1 aliphatic rings. The highest BCUT2D eigenvalue weighted by Gasteiger charge is 2.41. The maximum atomic E-state index is 14.6. The van der Waals surface area contributed by atoms with Gasteiger partial charge in [-0.05, 0) is 84.9 Å². The molecule has 1 fully saturated rings. The molecule has 12 N–H and O–H groups in total. The van der Waals surface area contributed by atoms with Crippen LogP contribution in [-0.2, 0) is 43.2 Å². The van der Waals surface area contributed by atoms with Gasteiger partial charge in [-0.1, -0.05) is 73.2 Å². The maximum Gasteiger partial charge on any atom is 0.243 e. The highest BCUT2D eigenvalue weighted by molar-refractivity contribution is 7.17. The van der Waals surface area contributed by atoms with Crippen LogP contribution in [-0.4, -0.2) is 83.9 Å². The van der Waals surface area contributed by atoms with Gasteiger partial charge in [0.05, 0.1) is 6.04 Å². The number of para-hydroxylation sites is 1. The van der Waals surface area contributed by atoms with E-state index in [1.807, 2.05) is 84.2 Å². The number of H-pyrrole nitrogens is 1. The van der Waals surface area contributed by atoms with Crippen LogP contribution in [0.3, 0.4) is 0 Å². The maximum absolute atomic E-state index is 14.6. The lowest BCUT2D eigenvalue weighted by molar-refractivity contribution is -0.136. The molecule has 0 unspecified atom stereocenters. The lowest BCUT2D eigenvalue weighted by atomic mass is 9.87. The zero-order chi connectivity index (χ0) is 41.1. The van der Waals surface area contributed by atoms with Crippen molar-refractivity contribution in [1.29, 1.82) is 0 Å². The summed E-state index contributed by atoms with van der Waals surface area (Å²) < 4.78 is 1.03. The first-order chi connectivity index (χ1) is 28.1. The minimum atomic E-state index is -1.29.